The minimum absolute atomic E-state index is 0.415. The van der Waals surface area contributed by atoms with Gasteiger partial charge >= 0.3 is 0 Å². The van der Waals surface area contributed by atoms with Crippen molar-refractivity contribution in [1.82, 2.24) is 4.90 Å². The summed E-state index contributed by atoms with van der Waals surface area (Å²) in [6.07, 6.45) is 7.02. The lowest BCUT2D eigenvalue weighted by atomic mass is 9.86. The zero-order chi connectivity index (χ0) is 14.4. The molecule has 2 N–H and O–H groups in total. The first kappa shape index (κ1) is 15.3. The van der Waals surface area contributed by atoms with Gasteiger partial charge in [-0.3, -0.25) is 4.90 Å². The van der Waals surface area contributed by atoms with Crippen LogP contribution in [0.4, 0.5) is 0 Å². The van der Waals surface area contributed by atoms with E-state index in [1.807, 2.05) is 6.08 Å². The Hall–Kier alpha value is -1.12. The standard InChI is InChI=1S/C18H28N2/c1-3-11-20(13-16-8-6-10-18(19)12-16)14-17-9-5-4-7-15(17)2/h3-5,7,9,16,18H,1,6,8,10-14,19H2,2H3/t16-,18+/m1/s1. The monoisotopic (exact) mass is 272 g/mol. The lowest BCUT2D eigenvalue weighted by Gasteiger charge is -2.32. The number of hydrogen-bond acceptors (Lipinski definition) is 2. The van der Waals surface area contributed by atoms with Gasteiger partial charge in [-0.2, -0.15) is 0 Å². The van der Waals surface area contributed by atoms with Crippen molar-refractivity contribution in [3.05, 3.63) is 48.0 Å². The molecule has 2 heteroatoms. The van der Waals surface area contributed by atoms with Crippen LogP contribution in [0.15, 0.2) is 36.9 Å². The van der Waals surface area contributed by atoms with Crippen molar-refractivity contribution in [2.75, 3.05) is 13.1 Å². The highest BCUT2D eigenvalue weighted by Gasteiger charge is 2.21. The Labute approximate surface area is 123 Å². The lowest BCUT2D eigenvalue weighted by molar-refractivity contribution is 0.200. The molecule has 0 saturated heterocycles. The molecule has 0 radical (unpaired) electrons. The highest BCUT2D eigenvalue weighted by atomic mass is 15.1. The summed E-state index contributed by atoms with van der Waals surface area (Å²) in [7, 11) is 0. The molecule has 110 valence electrons. The van der Waals surface area contributed by atoms with Gasteiger partial charge in [0, 0.05) is 25.7 Å². The molecule has 1 aromatic carbocycles. The molecule has 0 bridgehead atoms. The number of benzene rings is 1. The molecule has 0 aromatic heterocycles. The Morgan fingerprint density at radius 1 is 1.35 bits per heavy atom. The van der Waals surface area contributed by atoms with Gasteiger partial charge in [-0.1, -0.05) is 36.8 Å². The van der Waals surface area contributed by atoms with Crippen LogP contribution in [-0.4, -0.2) is 24.0 Å². The van der Waals surface area contributed by atoms with Crippen LogP contribution in [0.5, 0.6) is 0 Å². The van der Waals surface area contributed by atoms with E-state index in [0.717, 1.165) is 25.6 Å². The maximum absolute atomic E-state index is 6.11. The van der Waals surface area contributed by atoms with E-state index in [0.29, 0.717) is 6.04 Å². The molecule has 0 unspecified atom stereocenters. The van der Waals surface area contributed by atoms with Crippen molar-refractivity contribution in [2.45, 2.75) is 45.2 Å². The van der Waals surface area contributed by atoms with Crippen molar-refractivity contribution in [1.29, 1.82) is 0 Å². The first-order valence-electron chi connectivity index (χ1n) is 7.82. The largest absolute Gasteiger partial charge is 0.328 e. The minimum Gasteiger partial charge on any atom is -0.328 e. The summed E-state index contributed by atoms with van der Waals surface area (Å²) in [6, 6.07) is 9.08. The second kappa shape index (κ2) is 7.61. The summed E-state index contributed by atoms with van der Waals surface area (Å²) >= 11 is 0. The fourth-order valence-electron chi connectivity index (χ4n) is 3.28. The maximum atomic E-state index is 6.11. The zero-order valence-electron chi connectivity index (χ0n) is 12.7. The molecule has 1 fully saturated rings. The molecule has 0 amide bonds. The zero-order valence-corrected chi connectivity index (χ0v) is 12.7. The SMILES string of the molecule is C=CCN(Cc1ccccc1C)C[C@@H]1CCC[C@H](N)C1. The van der Waals surface area contributed by atoms with E-state index in [1.165, 1.54) is 36.8 Å². The van der Waals surface area contributed by atoms with Crippen LogP contribution in [0.25, 0.3) is 0 Å². The fraction of sp³-hybridized carbons (Fsp3) is 0.556. The Morgan fingerprint density at radius 3 is 2.85 bits per heavy atom. The Kier molecular flexibility index (Phi) is 5.81. The topological polar surface area (TPSA) is 29.3 Å². The smallest absolute Gasteiger partial charge is 0.0239 e. The van der Waals surface area contributed by atoms with Crippen molar-refractivity contribution in [3.8, 4) is 0 Å². The normalized spacial score (nSPS) is 22.9. The van der Waals surface area contributed by atoms with Gasteiger partial charge in [0.15, 0.2) is 0 Å². The summed E-state index contributed by atoms with van der Waals surface area (Å²) in [5.41, 5.74) is 8.92. The van der Waals surface area contributed by atoms with Crippen LogP contribution >= 0.6 is 0 Å². The molecule has 20 heavy (non-hydrogen) atoms. The number of nitrogens with two attached hydrogens (primary N) is 1. The van der Waals surface area contributed by atoms with Crippen LogP contribution in [-0.2, 0) is 6.54 Å². The summed E-state index contributed by atoms with van der Waals surface area (Å²) in [6.45, 7) is 9.22. The first-order chi connectivity index (χ1) is 9.69. The predicted molar refractivity (Wildman–Crippen MR) is 86.6 cm³/mol. The number of nitrogens with zero attached hydrogens (tertiary/aromatic N) is 1. The van der Waals surface area contributed by atoms with Gasteiger partial charge in [0.25, 0.3) is 0 Å². The van der Waals surface area contributed by atoms with Crippen LogP contribution in [0, 0.1) is 12.8 Å². The van der Waals surface area contributed by atoms with Gasteiger partial charge in [-0.15, -0.1) is 6.58 Å². The number of aryl methyl sites for hydroxylation is 1. The summed E-state index contributed by atoms with van der Waals surface area (Å²) in [5, 5.41) is 0. The van der Waals surface area contributed by atoms with Crippen LogP contribution in [0.2, 0.25) is 0 Å². The minimum atomic E-state index is 0.415. The van der Waals surface area contributed by atoms with E-state index in [9.17, 15) is 0 Å². The quantitative estimate of drug-likeness (QED) is 0.803. The molecule has 0 aliphatic heterocycles. The van der Waals surface area contributed by atoms with E-state index in [4.69, 9.17) is 5.73 Å². The van der Waals surface area contributed by atoms with Crippen molar-refractivity contribution in [2.24, 2.45) is 11.7 Å². The third kappa shape index (κ3) is 4.46. The highest BCUT2D eigenvalue weighted by Crippen LogP contribution is 2.24. The van der Waals surface area contributed by atoms with Crippen molar-refractivity contribution >= 4 is 0 Å². The molecular weight excluding hydrogens is 244 g/mol. The Morgan fingerprint density at radius 2 is 2.15 bits per heavy atom. The Bertz CT molecular complexity index is 427. The molecule has 0 spiro atoms. The van der Waals surface area contributed by atoms with Crippen LogP contribution < -0.4 is 5.73 Å². The van der Waals surface area contributed by atoms with Crippen LogP contribution in [0.3, 0.4) is 0 Å². The average Bonchev–Trinajstić information content (AvgIpc) is 2.42. The molecule has 1 aliphatic carbocycles. The van der Waals surface area contributed by atoms with Gasteiger partial charge < -0.3 is 5.73 Å². The second-order valence-electron chi connectivity index (χ2n) is 6.20. The summed E-state index contributed by atoms with van der Waals surface area (Å²) in [5.74, 6) is 0.753. The molecule has 2 atom stereocenters. The van der Waals surface area contributed by atoms with E-state index >= 15 is 0 Å². The van der Waals surface area contributed by atoms with Crippen molar-refractivity contribution < 1.29 is 0 Å². The second-order valence-corrected chi connectivity index (χ2v) is 6.20. The van der Waals surface area contributed by atoms with Gasteiger partial charge in [0.1, 0.15) is 0 Å². The van der Waals surface area contributed by atoms with Gasteiger partial charge in [0.05, 0.1) is 0 Å². The molecule has 2 nitrogen and oxygen atoms in total. The van der Waals surface area contributed by atoms with Gasteiger partial charge in [0.2, 0.25) is 0 Å². The van der Waals surface area contributed by atoms with E-state index < -0.39 is 0 Å². The molecule has 1 saturated carbocycles. The highest BCUT2D eigenvalue weighted by molar-refractivity contribution is 5.25. The van der Waals surface area contributed by atoms with E-state index in [1.54, 1.807) is 0 Å². The third-order valence-electron chi connectivity index (χ3n) is 4.38. The first-order valence-corrected chi connectivity index (χ1v) is 7.82. The third-order valence-corrected chi connectivity index (χ3v) is 4.38. The fourth-order valence-corrected chi connectivity index (χ4v) is 3.28. The van der Waals surface area contributed by atoms with Crippen molar-refractivity contribution in [3.63, 3.8) is 0 Å². The molecule has 0 heterocycles. The molecule has 2 rings (SSSR count). The predicted octanol–water partition coefficient (Wildman–Crippen LogP) is 3.50. The maximum Gasteiger partial charge on any atom is 0.0239 e. The Balaban J connectivity index is 1.96. The molecule has 1 aromatic rings. The summed E-state index contributed by atoms with van der Waals surface area (Å²) in [4.78, 5) is 2.51. The van der Waals surface area contributed by atoms with Gasteiger partial charge in [-0.05, 0) is 43.2 Å². The number of rotatable bonds is 6. The summed E-state index contributed by atoms with van der Waals surface area (Å²) < 4.78 is 0. The van der Waals surface area contributed by atoms with Gasteiger partial charge in [-0.25, -0.2) is 0 Å². The van der Waals surface area contributed by atoms with Crippen LogP contribution in [0.1, 0.15) is 36.8 Å². The number of hydrogen-bond donors (Lipinski definition) is 1. The average molecular weight is 272 g/mol. The van der Waals surface area contributed by atoms with E-state index in [2.05, 4.69) is 42.7 Å². The molecular formula is C18H28N2. The lowest BCUT2D eigenvalue weighted by Crippen LogP contribution is -2.35. The van der Waals surface area contributed by atoms with E-state index in [-0.39, 0.29) is 0 Å². The molecule has 1 aliphatic rings.